The summed E-state index contributed by atoms with van der Waals surface area (Å²) < 4.78 is 0. The van der Waals surface area contributed by atoms with E-state index in [1.807, 2.05) is 34.1 Å². The van der Waals surface area contributed by atoms with Crippen molar-refractivity contribution in [3.05, 3.63) is 34.9 Å². The quantitative estimate of drug-likeness (QED) is 0.687. The highest BCUT2D eigenvalue weighted by atomic mass is 35.5. The van der Waals surface area contributed by atoms with Crippen molar-refractivity contribution in [3.8, 4) is 0 Å². The van der Waals surface area contributed by atoms with Gasteiger partial charge in [-0.3, -0.25) is 4.79 Å². The standard InChI is InChI=1S/C23H34ClN3O3/c24-19-9-6-18(7-10-19)8-11-22(29)26-15-12-21(13-16-26)27(23(30)25-14-17-28)20-4-2-1-3-5-20/h6-7,9-10,20-21,28H,1-5,8,11-17H2,(H,25,30). The Morgan fingerprint density at radius 2 is 1.67 bits per heavy atom. The monoisotopic (exact) mass is 435 g/mol. The number of halogens is 1. The third-order valence-electron chi connectivity index (χ3n) is 6.34. The number of aliphatic hydroxyl groups is 1. The van der Waals surface area contributed by atoms with Crippen molar-refractivity contribution >= 4 is 23.5 Å². The Bertz CT molecular complexity index is 683. The molecule has 1 saturated heterocycles. The fourth-order valence-electron chi connectivity index (χ4n) is 4.70. The number of amides is 3. The normalized spacial score (nSPS) is 18.3. The molecule has 0 unspecified atom stereocenters. The van der Waals surface area contributed by atoms with Gasteiger partial charge in [0, 0.05) is 43.2 Å². The van der Waals surface area contributed by atoms with Gasteiger partial charge in [0.2, 0.25) is 5.91 Å². The summed E-state index contributed by atoms with van der Waals surface area (Å²) in [6.07, 6.45) is 8.50. The topological polar surface area (TPSA) is 72.9 Å². The lowest BCUT2D eigenvalue weighted by atomic mass is 9.91. The largest absolute Gasteiger partial charge is 0.395 e. The summed E-state index contributed by atoms with van der Waals surface area (Å²) in [5.74, 6) is 0.178. The van der Waals surface area contributed by atoms with Crippen LogP contribution in [0.15, 0.2) is 24.3 Å². The van der Waals surface area contributed by atoms with Crippen LogP contribution in [0.2, 0.25) is 5.02 Å². The summed E-state index contributed by atoms with van der Waals surface area (Å²) in [5.41, 5.74) is 1.12. The van der Waals surface area contributed by atoms with E-state index in [2.05, 4.69) is 5.32 Å². The van der Waals surface area contributed by atoms with E-state index in [1.165, 1.54) is 6.42 Å². The number of nitrogens with one attached hydrogen (secondary N) is 1. The number of nitrogens with zero attached hydrogens (tertiary/aromatic N) is 2. The highest BCUT2D eigenvalue weighted by Crippen LogP contribution is 2.28. The van der Waals surface area contributed by atoms with Crippen molar-refractivity contribution in [1.82, 2.24) is 15.1 Å². The first-order chi connectivity index (χ1) is 14.6. The SMILES string of the molecule is O=C(CCc1ccc(Cl)cc1)N1CCC(N(C(=O)NCCO)C2CCCCC2)CC1. The maximum atomic E-state index is 12.8. The van der Waals surface area contributed by atoms with Crippen molar-refractivity contribution in [2.75, 3.05) is 26.2 Å². The molecular weight excluding hydrogens is 402 g/mol. The van der Waals surface area contributed by atoms with Crippen molar-refractivity contribution in [1.29, 1.82) is 0 Å². The van der Waals surface area contributed by atoms with Crippen LogP contribution in [-0.2, 0) is 11.2 Å². The third kappa shape index (κ3) is 6.35. The van der Waals surface area contributed by atoms with Crippen LogP contribution in [0.3, 0.4) is 0 Å². The van der Waals surface area contributed by atoms with Crippen LogP contribution in [0.4, 0.5) is 4.79 Å². The highest BCUT2D eigenvalue weighted by molar-refractivity contribution is 6.30. The lowest BCUT2D eigenvalue weighted by molar-refractivity contribution is -0.132. The Hall–Kier alpha value is -1.79. The van der Waals surface area contributed by atoms with Crippen molar-refractivity contribution < 1.29 is 14.7 Å². The first kappa shape index (κ1) is 22.9. The lowest BCUT2D eigenvalue weighted by Crippen LogP contribution is -2.56. The summed E-state index contributed by atoms with van der Waals surface area (Å²) >= 11 is 5.92. The van der Waals surface area contributed by atoms with E-state index in [0.717, 1.165) is 44.1 Å². The molecule has 2 aliphatic rings. The molecule has 166 valence electrons. The zero-order valence-corrected chi connectivity index (χ0v) is 18.4. The number of rotatable bonds is 7. The van der Waals surface area contributed by atoms with Gasteiger partial charge in [-0.05, 0) is 49.8 Å². The Balaban J connectivity index is 1.52. The van der Waals surface area contributed by atoms with Crippen LogP contribution in [0.25, 0.3) is 0 Å². The molecule has 0 bridgehead atoms. The van der Waals surface area contributed by atoms with Gasteiger partial charge in [-0.25, -0.2) is 4.79 Å². The van der Waals surface area contributed by atoms with Crippen LogP contribution in [0.5, 0.6) is 0 Å². The number of hydrogen-bond acceptors (Lipinski definition) is 3. The van der Waals surface area contributed by atoms with Crippen LogP contribution >= 0.6 is 11.6 Å². The van der Waals surface area contributed by atoms with Gasteiger partial charge in [-0.15, -0.1) is 0 Å². The van der Waals surface area contributed by atoms with E-state index in [0.29, 0.717) is 31.0 Å². The number of carbonyl (C=O) groups is 2. The Morgan fingerprint density at radius 1 is 1.03 bits per heavy atom. The van der Waals surface area contributed by atoms with Gasteiger partial charge in [-0.2, -0.15) is 0 Å². The average molecular weight is 436 g/mol. The van der Waals surface area contributed by atoms with Crippen LogP contribution in [0, 0.1) is 0 Å². The molecule has 1 aliphatic carbocycles. The predicted molar refractivity (Wildman–Crippen MR) is 119 cm³/mol. The molecule has 0 aromatic heterocycles. The molecule has 3 amide bonds. The maximum absolute atomic E-state index is 12.8. The van der Waals surface area contributed by atoms with Gasteiger partial charge >= 0.3 is 6.03 Å². The molecule has 2 fully saturated rings. The van der Waals surface area contributed by atoms with E-state index in [-0.39, 0.29) is 37.2 Å². The second-order valence-electron chi connectivity index (χ2n) is 8.39. The number of aryl methyl sites for hydroxylation is 1. The molecule has 0 spiro atoms. The van der Waals surface area contributed by atoms with Crippen LogP contribution in [0.1, 0.15) is 56.9 Å². The van der Waals surface area contributed by atoms with Gasteiger partial charge < -0.3 is 20.2 Å². The highest BCUT2D eigenvalue weighted by Gasteiger charge is 2.34. The molecule has 3 rings (SSSR count). The van der Waals surface area contributed by atoms with E-state index < -0.39 is 0 Å². The fourth-order valence-corrected chi connectivity index (χ4v) is 4.82. The number of benzene rings is 1. The second kappa shape index (κ2) is 11.6. The molecule has 0 radical (unpaired) electrons. The van der Waals surface area contributed by atoms with Crippen LogP contribution in [-0.4, -0.2) is 65.2 Å². The molecule has 1 aliphatic heterocycles. The molecule has 1 aromatic rings. The molecule has 0 atom stereocenters. The van der Waals surface area contributed by atoms with Crippen molar-refractivity contribution in [3.63, 3.8) is 0 Å². The molecule has 1 saturated carbocycles. The summed E-state index contributed by atoms with van der Waals surface area (Å²) in [4.78, 5) is 29.5. The molecule has 30 heavy (non-hydrogen) atoms. The number of urea groups is 1. The Kier molecular flexibility index (Phi) is 8.82. The summed E-state index contributed by atoms with van der Waals surface area (Å²) in [6.45, 7) is 1.62. The number of piperidine rings is 1. The van der Waals surface area contributed by atoms with E-state index in [9.17, 15) is 9.59 Å². The number of likely N-dealkylation sites (tertiary alicyclic amines) is 1. The van der Waals surface area contributed by atoms with E-state index in [4.69, 9.17) is 16.7 Å². The fraction of sp³-hybridized carbons (Fsp3) is 0.652. The zero-order chi connectivity index (χ0) is 21.3. The average Bonchev–Trinajstić information content (AvgIpc) is 2.78. The molecular formula is C23H34ClN3O3. The number of carbonyl (C=O) groups excluding carboxylic acids is 2. The van der Waals surface area contributed by atoms with Crippen LogP contribution < -0.4 is 5.32 Å². The third-order valence-corrected chi connectivity index (χ3v) is 6.59. The smallest absolute Gasteiger partial charge is 0.317 e. The maximum Gasteiger partial charge on any atom is 0.317 e. The zero-order valence-electron chi connectivity index (χ0n) is 17.7. The molecule has 6 nitrogen and oxygen atoms in total. The lowest BCUT2D eigenvalue weighted by Gasteiger charge is -2.43. The van der Waals surface area contributed by atoms with Gasteiger partial charge in [0.05, 0.1) is 6.61 Å². The minimum atomic E-state index is -0.0662. The van der Waals surface area contributed by atoms with Gasteiger partial charge in [-0.1, -0.05) is 43.0 Å². The van der Waals surface area contributed by atoms with Crippen molar-refractivity contribution in [2.24, 2.45) is 0 Å². The Labute approximate surface area is 184 Å². The van der Waals surface area contributed by atoms with E-state index >= 15 is 0 Å². The molecule has 1 heterocycles. The molecule has 7 heteroatoms. The molecule has 2 N–H and O–H groups in total. The summed E-state index contributed by atoms with van der Waals surface area (Å²) in [6, 6.07) is 8.01. The van der Waals surface area contributed by atoms with Crippen molar-refractivity contribution in [2.45, 2.75) is 69.9 Å². The first-order valence-corrected chi connectivity index (χ1v) is 11.7. The summed E-state index contributed by atoms with van der Waals surface area (Å²) in [5, 5.41) is 12.6. The number of aliphatic hydroxyl groups excluding tert-OH is 1. The summed E-state index contributed by atoms with van der Waals surface area (Å²) in [7, 11) is 0. The van der Waals surface area contributed by atoms with Gasteiger partial charge in [0.1, 0.15) is 0 Å². The predicted octanol–water partition coefficient (Wildman–Crippen LogP) is 3.60. The van der Waals surface area contributed by atoms with Gasteiger partial charge in [0.25, 0.3) is 0 Å². The van der Waals surface area contributed by atoms with E-state index in [1.54, 1.807) is 0 Å². The Morgan fingerprint density at radius 3 is 2.30 bits per heavy atom. The molecule has 1 aromatic carbocycles. The second-order valence-corrected chi connectivity index (χ2v) is 8.83. The minimum Gasteiger partial charge on any atom is -0.395 e. The minimum absolute atomic E-state index is 0.0508. The van der Waals surface area contributed by atoms with Gasteiger partial charge in [0.15, 0.2) is 0 Å². The first-order valence-electron chi connectivity index (χ1n) is 11.3. The number of hydrogen-bond donors (Lipinski definition) is 2.